The number of aromatic nitrogens is 1. The van der Waals surface area contributed by atoms with Crippen LogP contribution in [0.25, 0.3) is 0 Å². The molecule has 1 saturated heterocycles. The summed E-state index contributed by atoms with van der Waals surface area (Å²) >= 11 is 0. The van der Waals surface area contributed by atoms with Gasteiger partial charge in [0.25, 0.3) is 0 Å². The van der Waals surface area contributed by atoms with Crippen LogP contribution in [0.5, 0.6) is 0 Å². The van der Waals surface area contributed by atoms with Gasteiger partial charge in [0.2, 0.25) is 10.0 Å². The lowest BCUT2D eigenvalue weighted by atomic mass is 10.1. The van der Waals surface area contributed by atoms with Crippen molar-refractivity contribution in [3.8, 4) is 0 Å². The Morgan fingerprint density at radius 3 is 2.36 bits per heavy atom. The fourth-order valence-corrected chi connectivity index (χ4v) is 5.82. The molecule has 1 aliphatic rings. The molecular formula is C19H26N2O3S. The molecule has 2 heterocycles. The highest BCUT2D eigenvalue weighted by atomic mass is 32.2. The van der Waals surface area contributed by atoms with E-state index in [0.717, 1.165) is 35.2 Å². The highest BCUT2D eigenvalue weighted by molar-refractivity contribution is 7.89. The van der Waals surface area contributed by atoms with Gasteiger partial charge >= 0.3 is 0 Å². The van der Waals surface area contributed by atoms with Crippen molar-refractivity contribution < 1.29 is 12.9 Å². The number of hydrogen-bond acceptors (Lipinski definition) is 4. The summed E-state index contributed by atoms with van der Waals surface area (Å²) in [7, 11) is -3.58. The Labute approximate surface area is 150 Å². The van der Waals surface area contributed by atoms with Crippen LogP contribution in [0.2, 0.25) is 0 Å². The van der Waals surface area contributed by atoms with Crippen molar-refractivity contribution in [2.24, 2.45) is 0 Å². The molecule has 25 heavy (non-hydrogen) atoms. The smallest absolute Gasteiger partial charge is 0.244 e. The predicted octanol–water partition coefficient (Wildman–Crippen LogP) is 4.25. The Hall–Kier alpha value is -1.66. The van der Waals surface area contributed by atoms with Gasteiger partial charge in [-0.3, -0.25) is 0 Å². The highest BCUT2D eigenvalue weighted by Gasteiger charge is 2.39. The molecule has 1 aliphatic heterocycles. The van der Waals surface area contributed by atoms with Crippen molar-refractivity contribution in [1.29, 1.82) is 0 Å². The van der Waals surface area contributed by atoms with Crippen molar-refractivity contribution in [1.82, 2.24) is 9.46 Å². The van der Waals surface area contributed by atoms with Crippen LogP contribution in [0.15, 0.2) is 27.6 Å². The van der Waals surface area contributed by atoms with E-state index in [0.29, 0.717) is 17.2 Å². The van der Waals surface area contributed by atoms with Gasteiger partial charge in [0.1, 0.15) is 0 Å². The van der Waals surface area contributed by atoms with Crippen molar-refractivity contribution in [2.75, 3.05) is 6.54 Å². The number of rotatable bonds is 4. The lowest BCUT2D eigenvalue weighted by molar-refractivity contribution is 0.295. The Balaban J connectivity index is 2.01. The predicted molar refractivity (Wildman–Crippen MR) is 97.1 cm³/mol. The Morgan fingerprint density at radius 2 is 1.80 bits per heavy atom. The summed E-state index contributed by atoms with van der Waals surface area (Å²) in [4.78, 5) is 0.425. The van der Waals surface area contributed by atoms with E-state index in [1.54, 1.807) is 4.31 Å². The molecule has 1 fully saturated rings. The zero-order valence-electron chi connectivity index (χ0n) is 15.5. The number of sulfonamides is 1. The lowest BCUT2D eigenvalue weighted by Crippen LogP contribution is -2.31. The van der Waals surface area contributed by atoms with Crippen LogP contribution in [-0.4, -0.2) is 24.4 Å². The molecule has 0 bridgehead atoms. The molecule has 0 N–H and O–H groups in total. The van der Waals surface area contributed by atoms with Crippen LogP contribution in [0.1, 0.15) is 66.8 Å². The van der Waals surface area contributed by atoms with E-state index in [1.165, 1.54) is 0 Å². The van der Waals surface area contributed by atoms with E-state index in [4.69, 9.17) is 4.52 Å². The Bertz CT molecular complexity index is 861. The molecule has 136 valence electrons. The first-order valence-corrected chi connectivity index (χ1v) is 10.2. The van der Waals surface area contributed by atoms with E-state index in [-0.39, 0.29) is 12.0 Å². The van der Waals surface area contributed by atoms with Crippen LogP contribution >= 0.6 is 0 Å². The van der Waals surface area contributed by atoms with Crippen molar-refractivity contribution >= 4 is 10.0 Å². The second kappa shape index (κ2) is 6.57. The van der Waals surface area contributed by atoms with E-state index < -0.39 is 10.0 Å². The number of hydrogen-bond donors (Lipinski definition) is 0. The van der Waals surface area contributed by atoms with Crippen LogP contribution in [0.3, 0.4) is 0 Å². The second-order valence-electron chi connectivity index (χ2n) is 7.31. The maximum atomic E-state index is 13.4. The average Bonchev–Trinajstić information content (AvgIpc) is 3.15. The van der Waals surface area contributed by atoms with E-state index in [2.05, 4.69) is 5.16 Å². The number of benzene rings is 1. The molecule has 0 spiro atoms. The molecule has 0 aliphatic carbocycles. The van der Waals surface area contributed by atoms with Crippen molar-refractivity contribution in [2.45, 2.75) is 64.3 Å². The average molecular weight is 362 g/mol. The van der Waals surface area contributed by atoms with Gasteiger partial charge in [-0.2, -0.15) is 4.31 Å². The summed E-state index contributed by atoms with van der Waals surface area (Å²) in [5.41, 5.74) is 3.53. The van der Waals surface area contributed by atoms with E-state index in [1.807, 2.05) is 52.8 Å². The van der Waals surface area contributed by atoms with Gasteiger partial charge < -0.3 is 4.52 Å². The first-order chi connectivity index (χ1) is 11.7. The summed E-state index contributed by atoms with van der Waals surface area (Å²) < 4.78 is 33.8. The molecule has 0 unspecified atom stereocenters. The summed E-state index contributed by atoms with van der Waals surface area (Å²) in [6, 6.07) is 5.48. The maximum absolute atomic E-state index is 13.4. The third kappa shape index (κ3) is 3.25. The van der Waals surface area contributed by atoms with Gasteiger partial charge in [0.15, 0.2) is 5.76 Å². The van der Waals surface area contributed by atoms with Crippen LogP contribution < -0.4 is 0 Å². The molecule has 0 amide bonds. The zero-order valence-corrected chi connectivity index (χ0v) is 16.4. The first kappa shape index (κ1) is 18.1. The Morgan fingerprint density at radius 1 is 1.16 bits per heavy atom. The van der Waals surface area contributed by atoms with E-state index >= 15 is 0 Å². The largest absolute Gasteiger partial charge is 0.359 e. The van der Waals surface area contributed by atoms with Gasteiger partial charge in [0, 0.05) is 12.6 Å². The minimum atomic E-state index is -3.58. The molecule has 3 rings (SSSR count). The topological polar surface area (TPSA) is 63.4 Å². The lowest BCUT2D eigenvalue weighted by Gasteiger charge is -2.24. The standard InChI is InChI=1S/C19H26N2O3S/c1-12(2)16-11-18(24-20-16)17-7-6-8-21(17)25(22,23)19-14(4)9-13(3)10-15(19)5/h9-12,17H,6-8H2,1-5H3/t17-/m0/s1. The third-order valence-corrected chi connectivity index (χ3v) is 7.06. The minimum absolute atomic E-state index is 0.255. The van der Waals surface area contributed by atoms with Crippen molar-refractivity contribution in [3.05, 3.63) is 46.3 Å². The molecule has 1 aromatic heterocycles. The molecule has 0 saturated carbocycles. The monoisotopic (exact) mass is 362 g/mol. The molecule has 5 nitrogen and oxygen atoms in total. The molecule has 1 atom stereocenters. The van der Waals surface area contributed by atoms with Gasteiger partial charge in [-0.05, 0) is 50.7 Å². The number of aryl methyl sites for hydroxylation is 3. The van der Waals surface area contributed by atoms with Gasteiger partial charge in [-0.25, -0.2) is 8.42 Å². The van der Waals surface area contributed by atoms with Crippen LogP contribution in [0.4, 0.5) is 0 Å². The fraction of sp³-hybridized carbons (Fsp3) is 0.526. The first-order valence-electron chi connectivity index (χ1n) is 8.78. The van der Waals surface area contributed by atoms with Crippen molar-refractivity contribution in [3.63, 3.8) is 0 Å². The Kier molecular flexibility index (Phi) is 4.77. The quantitative estimate of drug-likeness (QED) is 0.816. The SMILES string of the molecule is Cc1cc(C)c(S(=O)(=O)N2CCC[C@H]2c2cc(C(C)C)no2)c(C)c1. The summed E-state index contributed by atoms with van der Waals surface area (Å²) in [6.45, 7) is 10.3. The van der Waals surface area contributed by atoms with Crippen LogP contribution in [0, 0.1) is 20.8 Å². The third-order valence-electron chi connectivity index (χ3n) is 4.84. The summed E-state index contributed by atoms with van der Waals surface area (Å²) in [5.74, 6) is 0.901. The molecular weight excluding hydrogens is 336 g/mol. The molecule has 1 aromatic carbocycles. The maximum Gasteiger partial charge on any atom is 0.244 e. The van der Waals surface area contributed by atoms with Gasteiger partial charge in [0.05, 0.1) is 16.6 Å². The highest BCUT2D eigenvalue weighted by Crippen LogP contribution is 2.38. The van der Waals surface area contributed by atoms with E-state index in [9.17, 15) is 8.42 Å². The van der Waals surface area contributed by atoms with Gasteiger partial charge in [-0.15, -0.1) is 0 Å². The minimum Gasteiger partial charge on any atom is -0.359 e. The summed E-state index contributed by atoms with van der Waals surface area (Å²) in [6.07, 6.45) is 1.58. The van der Waals surface area contributed by atoms with Gasteiger partial charge in [-0.1, -0.05) is 36.7 Å². The summed E-state index contributed by atoms with van der Waals surface area (Å²) in [5, 5.41) is 4.10. The molecule has 2 aromatic rings. The second-order valence-corrected chi connectivity index (χ2v) is 9.14. The zero-order chi connectivity index (χ0) is 18.4. The van der Waals surface area contributed by atoms with Crippen LogP contribution in [-0.2, 0) is 10.0 Å². The molecule has 0 radical (unpaired) electrons. The number of nitrogens with zero attached hydrogens (tertiary/aromatic N) is 2. The fourth-order valence-electron chi connectivity index (χ4n) is 3.74. The molecule has 6 heteroatoms. The normalized spacial score (nSPS) is 19.0.